The van der Waals surface area contributed by atoms with Crippen LogP contribution in [0.25, 0.3) is 0 Å². The van der Waals surface area contributed by atoms with Gasteiger partial charge in [-0.05, 0) is 12.8 Å². The van der Waals surface area contributed by atoms with Gasteiger partial charge in [0.15, 0.2) is 0 Å². The quantitative estimate of drug-likeness (QED) is 0.550. The van der Waals surface area contributed by atoms with Crippen LogP contribution in [0, 0.1) is 0 Å². The minimum Gasteiger partial charge on any atom is -0.359 e. The second kappa shape index (κ2) is 8.78. The SMILES string of the molecule is CCc1nnc(NC(=O)NCCCOCOC)s1. The maximum absolute atomic E-state index is 11.5. The van der Waals surface area contributed by atoms with Gasteiger partial charge in [-0.3, -0.25) is 5.32 Å². The van der Waals surface area contributed by atoms with Crippen molar-refractivity contribution in [3.8, 4) is 0 Å². The van der Waals surface area contributed by atoms with Crippen molar-refractivity contribution in [2.75, 3.05) is 32.4 Å². The average molecular weight is 274 g/mol. The molecule has 1 heterocycles. The molecule has 0 saturated heterocycles. The third-order valence-electron chi connectivity index (χ3n) is 1.94. The van der Waals surface area contributed by atoms with Crippen LogP contribution in [0.5, 0.6) is 0 Å². The van der Waals surface area contributed by atoms with Crippen molar-refractivity contribution in [3.63, 3.8) is 0 Å². The smallest absolute Gasteiger partial charge is 0.321 e. The van der Waals surface area contributed by atoms with E-state index in [2.05, 4.69) is 20.8 Å². The van der Waals surface area contributed by atoms with E-state index in [0.29, 0.717) is 18.3 Å². The Morgan fingerprint density at radius 1 is 1.44 bits per heavy atom. The number of ether oxygens (including phenoxy) is 2. The van der Waals surface area contributed by atoms with Gasteiger partial charge in [-0.15, -0.1) is 10.2 Å². The molecule has 0 aliphatic carbocycles. The number of hydrogen-bond acceptors (Lipinski definition) is 6. The number of methoxy groups -OCH3 is 1. The number of hydrogen-bond donors (Lipinski definition) is 2. The lowest BCUT2D eigenvalue weighted by Gasteiger charge is -2.05. The second-order valence-corrected chi connectivity index (χ2v) is 4.47. The number of carbonyl (C=O) groups excluding carboxylic acids is 1. The molecule has 0 aromatic carbocycles. The summed E-state index contributed by atoms with van der Waals surface area (Å²) in [6, 6.07) is -0.277. The summed E-state index contributed by atoms with van der Waals surface area (Å²) in [5.41, 5.74) is 0. The Bertz CT molecular complexity index is 359. The first-order valence-electron chi connectivity index (χ1n) is 5.70. The first-order chi connectivity index (χ1) is 8.76. The lowest BCUT2D eigenvalue weighted by molar-refractivity contribution is -0.0307. The molecule has 0 spiro atoms. The van der Waals surface area contributed by atoms with Gasteiger partial charge in [0.25, 0.3) is 0 Å². The Labute approximate surface area is 110 Å². The number of nitrogens with one attached hydrogen (secondary N) is 2. The van der Waals surface area contributed by atoms with Crippen LogP contribution in [0.2, 0.25) is 0 Å². The van der Waals surface area contributed by atoms with Crippen LogP contribution in [0.1, 0.15) is 18.4 Å². The highest BCUT2D eigenvalue weighted by molar-refractivity contribution is 7.15. The van der Waals surface area contributed by atoms with E-state index < -0.39 is 0 Å². The predicted molar refractivity (Wildman–Crippen MR) is 68.8 cm³/mol. The van der Waals surface area contributed by atoms with Gasteiger partial charge in [0.05, 0.1) is 6.61 Å². The van der Waals surface area contributed by atoms with Crippen molar-refractivity contribution in [2.45, 2.75) is 19.8 Å². The summed E-state index contributed by atoms with van der Waals surface area (Å²) in [4.78, 5) is 11.5. The first-order valence-corrected chi connectivity index (χ1v) is 6.51. The summed E-state index contributed by atoms with van der Waals surface area (Å²) in [6.07, 6.45) is 1.55. The number of rotatable bonds is 8. The van der Waals surface area contributed by atoms with Gasteiger partial charge < -0.3 is 14.8 Å². The van der Waals surface area contributed by atoms with Crippen molar-refractivity contribution < 1.29 is 14.3 Å². The summed E-state index contributed by atoms with van der Waals surface area (Å²) in [6.45, 7) is 3.35. The van der Waals surface area contributed by atoms with Gasteiger partial charge in [0, 0.05) is 13.7 Å². The van der Waals surface area contributed by atoms with E-state index in [1.165, 1.54) is 11.3 Å². The maximum atomic E-state index is 11.5. The molecule has 0 atom stereocenters. The molecule has 8 heteroatoms. The molecule has 1 aromatic rings. The molecule has 0 radical (unpaired) electrons. The van der Waals surface area contributed by atoms with Crippen LogP contribution in [0.3, 0.4) is 0 Å². The van der Waals surface area contributed by atoms with Crippen molar-refractivity contribution in [1.29, 1.82) is 0 Å². The molecule has 0 aliphatic rings. The van der Waals surface area contributed by atoms with E-state index in [1.807, 2.05) is 6.92 Å². The largest absolute Gasteiger partial charge is 0.359 e. The van der Waals surface area contributed by atoms with Crippen LogP contribution in [0.15, 0.2) is 0 Å². The summed E-state index contributed by atoms with van der Waals surface area (Å²) in [5.74, 6) is 0. The summed E-state index contributed by atoms with van der Waals surface area (Å²) < 4.78 is 9.81. The highest BCUT2D eigenvalue weighted by atomic mass is 32.1. The van der Waals surface area contributed by atoms with E-state index in [9.17, 15) is 4.79 Å². The van der Waals surface area contributed by atoms with Crippen LogP contribution >= 0.6 is 11.3 Å². The first kappa shape index (κ1) is 14.8. The van der Waals surface area contributed by atoms with Crippen LogP contribution in [-0.2, 0) is 15.9 Å². The van der Waals surface area contributed by atoms with E-state index in [4.69, 9.17) is 9.47 Å². The van der Waals surface area contributed by atoms with Crippen molar-refractivity contribution in [3.05, 3.63) is 5.01 Å². The molecule has 0 fully saturated rings. The number of aryl methyl sites for hydroxylation is 1. The van der Waals surface area contributed by atoms with E-state index >= 15 is 0 Å². The average Bonchev–Trinajstić information content (AvgIpc) is 2.81. The lowest BCUT2D eigenvalue weighted by atomic mass is 10.4. The molecular formula is C10H18N4O3S. The third kappa shape index (κ3) is 5.89. The second-order valence-electron chi connectivity index (χ2n) is 3.40. The molecule has 2 N–H and O–H groups in total. The molecule has 0 unspecified atom stereocenters. The Kier molecular flexibility index (Phi) is 7.23. The molecule has 0 bridgehead atoms. The predicted octanol–water partition coefficient (Wildman–Crippen LogP) is 1.23. The van der Waals surface area contributed by atoms with Gasteiger partial charge in [0.2, 0.25) is 5.13 Å². The minimum atomic E-state index is -0.277. The molecule has 1 rings (SSSR count). The Morgan fingerprint density at radius 3 is 2.94 bits per heavy atom. The van der Waals surface area contributed by atoms with Gasteiger partial charge in [-0.2, -0.15) is 0 Å². The zero-order valence-corrected chi connectivity index (χ0v) is 11.4. The Morgan fingerprint density at radius 2 is 2.28 bits per heavy atom. The fraction of sp³-hybridized carbons (Fsp3) is 0.700. The fourth-order valence-corrected chi connectivity index (χ4v) is 1.78. The fourth-order valence-electron chi connectivity index (χ4n) is 1.11. The Hall–Kier alpha value is -1.25. The normalized spacial score (nSPS) is 10.3. The minimum absolute atomic E-state index is 0.275. The zero-order valence-electron chi connectivity index (χ0n) is 10.6. The van der Waals surface area contributed by atoms with E-state index in [0.717, 1.165) is 17.8 Å². The van der Waals surface area contributed by atoms with Crippen LogP contribution < -0.4 is 10.6 Å². The molecular weight excluding hydrogens is 256 g/mol. The molecule has 2 amide bonds. The van der Waals surface area contributed by atoms with Gasteiger partial charge in [0.1, 0.15) is 11.8 Å². The maximum Gasteiger partial charge on any atom is 0.321 e. The van der Waals surface area contributed by atoms with Crippen LogP contribution in [-0.4, -0.2) is 43.3 Å². The zero-order chi connectivity index (χ0) is 13.2. The topological polar surface area (TPSA) is 85.4 Å². The van der Waals surface area contributed by atoms with Crippen molar-refractivity contribution in [2.24, 2.45) is 0 Å². The monoisotopic (exact) mass is 274 g/mol. The molecule has 1 aromatic heterocycles. The third-order valence-corrected chi connectivity index (χ3v) is 2.92. The standard InChI is InChI=1S/C10H18N4O3S/c1-3-8-13-14-10(18-8)12-9(15)11-5-4-6-17-7-16-2/h3-7H2,1-2H3,(H2,11,12,14,15). The lowest BCUT2D eigenvalue weighted by Crippen LogP contribution is -2.30. The Balaban J connectivity index is 2.10. The van der Waals surface area contributed by atoms with Gasteiger partial charge in [-0.25, -0.2) is 4.79 Å². The van der Waals surface area contributed by atoms with Gasteiger partial charge >= 0.3 is 6.03 Å². The number of aromatic nitrogens is 2. The number of carbonyl (C=O) groups is 1. The highest BCUT2D eigenvalue weighted by Gasteiger charge is 2.05. The van der Waals surface area contributed by atoms with E-state index in [1.54, 1.807) is 7.11 Å². The molecule has 0 saturated carbocycles. The molecule has 0 aliphatic heterocycles. The highest BCUT2D eigenvalue weighted by Crippen LogP contribution is 2.14. The molecule has 7 nitrogen and oxygen atoms in total. The summed E-state index contributed by atoms with van der Waals surface area (Å²) >= 11 is 1.38. The number of anilines is 1. The van der Waals surface area contributed by atoms with Gasteiger partial charge in [-0.1, -0.05) is 18.3 Å². The summed E-state index contributed by atoms with van der Waals surface area (Å²) in [5, 5.41) is 14.5. The van der Waals surface area contributed by atoms with Crippen LogP contribution in [0.4, 0.5) is 9.93 Å². The number of amides is 2. The number of nitrogens with zero attached hydrogens (tertiary/aromatic N) is 2. The van der Waals surface area contributed by atoms with Crippen molar-refractivity contribution in [1.82, 2.24) is 15.5 Å². The molecule has 102 valence electrons. The number of urea groups is 1. The summed E-state index contributed by atoms with van der Waals surface area (Å²) in [7, 11) is 1.57. The van der Waals surface area contributed by atoms with E-state index in [-0.39, 0.29) is 12.8 Å². The van der Waals surface area contributed by atoms with Crippen molar-refractivity contribution >= 4 is 22.5 Å². The molecule has 18 heavy (non-hydrogen) atoms.